The quantitative estimate of drug-likeness (QED) is 0.343. The van der Waals surface area contributed by atoms with Gasteiger partial charge in [-0.2, -0.15) is 4.98 Å². The van der Waals surface area contributed by atoms with E-state index in [1.165, 1.54) is 11.8 Å². The summed E-state index contributed by atoms with van der Waals surface area (Å²) in [5.41, 5.74) is 2.46. The molecule has 0 unspecified atom stereocenters. The van der Waals surface area contributed by atoms with Crippen molar-refractivity contribution in [2.75, 3.05) is 25.0 Å². The van der Waals surface area contributed by atoms with E-state index in [1.807, 2.05) is 48.5 Å². The highest BCUT2D eigenvalue weighted by atomic mass is 32.2. The van der Waals surface area contributed by atoms with Gasteiger partial charge >= 0.3 is 0 Å². The lowest BCUT2D eigenvalue weighted by atomic mass is 10.2. The first-order valence-corrected chi connectivity index (χ1v) is 12.1. The van der Waals surface area contributed by atoms with Crippen LogP contribution in [0.1, 0.15) is 35.9 Å². The lowest BCUT2D eigenvalue weighted by molar-refractivity contribution is 0.102. The van der Waals surface area contributed by atoms with E-state index < -0.39 is 0 Å². The number of hydrogen-bond donors (Lipinski definition) is 1. The number of benzene rings is 2. The van der Waals surface area contributed by atoms with E-state index in [-0.39, 0.29) is 5.91 Å². The molecule has 0 bridgehead atoms. The number of nitrogens with one attached hydrogen (secondary N) is 1. The lowest BCUT2D eigenvalue weighted by Gasteiger charge is -2.19. The van der Waals surface area contributed by atoms with Crippen LogP contribution < -0.4 is 5.32 Å². The Labute approximate surface area is 197 Å². The fraction of sp³-hybridized carbons (Fsp3) is 0.333. The molecule has 0 atom stereocenters. The Hall–Kier alpha value is -3.17. The largest absolute Gasteiger partial charge is 0.340 e. The summed E-state index contributed by atoms with van der Waals surface area (Å²) in [6.07, 6.45) is 0. The molecule has 0 aliphatic heterocycles. The van der Waals surface area contributed by atoms with Crippen molar-refractivity contribution in [1.82, 2.24) is 24.6 Å². The minimum atomic E-state index is -0.193. The number of rotatable bonds is 10. The number of anilines is 1. The molecule has 9 heteroatoms. The number of amides is 1. The number of para-hydroxylation sites is 2. The average Bonchev–Trinajstić information content (AvgIpc) is 3.41. The Balaban J connectivity index is 1.56. The molecule has 33 heavy (non-hydrogen) atoms. The fourth-order valence-corrected chi connectivity index (χ4v) is 4.56. The van der Waals surface area contributed by atoms with Gasteiger partial charge in [-0.25, -0.2) is 4.98 Å². The van der Waals surface area contributed by atoms with E-state index in [2.05, 4.69) is 38.8 Å². The molecule has 0 fully saturated rings. The molecule has 4 aromatic rings. The normalized spacial score (nSPS) is 11.4. The van der Waals surface area contributed by atoms with Gasteiger partial charge in [0.2, 0.25) is 11.8 Å². The molecule has 0 aliphatic carbocycles. The van der Waals surface area contributed by atoms with Crippen LogP contribution in [-0.4, -0.2) is 50.1 Å². The first kappa shape index (κ1) is 23.0. The van der Waals surface area contributed by atoms with Crippen molar-refractivity contribution in [3.8, 4) is 0 Å². The predicted molar refractivity (Wildman–Crippen MR) is 131 cm³/mol. The number of likely N-dealkylation sites (N-methyl/N-ethyl adjacent to an activating group) is 1. The average molecular weight is 465 g/mol. The standard InChI is InChI=1S/C24H28N6O2S/c1-4-29(5-2)14-15-30-20-12-8-7-11-19(20)26-24(30)27-23(31)18-10-6-9-13-21(18)33-16-22-25-17(3)32-28-22/h6-13H,4-5,14-16H2,1-3H3,(H,26,27,31). The predicted octanol–water partition coefficient (Wildman–Crippen LogP) is 4.61. The molecule has 172 valence electrons. The van der Waals surface area contributed by atoms with Gasteiger partial charge in [0, 0.05) is 24.9 Å². The van der Waals surface area contributed by atoms with Gasteiger partial charge in [-0.1, -0.05) is 43.3 Å². The maximum atomic E-state index is 13.3. The molecule has 0 saturated heterocycles. The second-order valence-corrected chi connectivity index (χ2v) is 8.59. The lowest BCUT2D eigenvalue weighted by Crippen LogP contribution is -2.27. The number of thioether (sulfide) groups is 1. The molecule has 2 aromatic carbocycles. The Morgan fingerprint density at radius 3 is 2.61 bits per heavy atom. The topological polar surface area (TPSA) is 89.1 Å². The first-order valence-electron chi connectivity index (χ1n) is 11.1. The second kappa shape index (κ2) is 10.6. The minimum Gasteiger partial charge on any atom is -0.340 e. The molecule has 4 rings (SSSR count). The second-order valence-electron chi connectivity index (χ2n) is 7.57. The summed E-state index contributed by atoms with van der Waals surface area (Å²) < 4.78 is 7.13. The molecule has 2 aromatic heterocycles. The zero-order valence-corrected chi connectivity index (χ0v) is 19.9. The third-order valence-corrected chi connectivity index (χ3v) is 6.54. The van der Waals surface area contributed by atoms with Crippen LogP contribution in [0.3, 0.4) is 0 Å². The van der Waals surface area contributed by atoms with Crippen molar-refractivity contribution >= 4 is 34.7 Å². The first-order chi connectivity index (χ1) is 16.1. The van der Waals surface area contributed by atoms with Crippen molar-refractivity contribution in [3.05, 3.63) is 65.8 Å². The number of carbonyl (C=O) groups excluding carboxylic acids is 1. The van der Waals surface area contributed by atoms with Crippen LogP contribution in [-0.2, 0) is 12.3 Å². The van der Waals surface area contributed by atoms with Crippen LogP contribution >= 0.6 is 11.8 Å². The van der Waals surface area contributed by atoms with Gasteiger partial charge < -0.3 is 14.0 Å². The summed E-state index contributed by atoms with van der Waals surface area (Å²) in [7, 11) is 0. The number of hydrogen-bond acceptors (Lipinski definition) is 7. The van der Waals surface area contributed by atoms with Crippen molar-refractivity contribution in [2.24, 2.45) is 0 Å². The van der Waals surface area contributed by atoms with Crippen LogP contribution in [0.2, 0.25) is 0 Å². The van der Waals surface area contributed by atoms with Gasteiger partial charge in [0.25, 0.3) is 5.91 Å². The summed E-state index contributed by atoms with van der Waals surface area (Å²) in [5.74, 6) is 2.01. The summed E-state index contributed by atoms with van der Waals surface area (Å²) in [6, 6.07) is 15.5. The molecular formula is C24H28N6O2S. The molecule has 1 N–H and O–H groups in total. The van der Waals surface area contributed by atoms with E-state index >= 15 is 0 Å². The SMILES string of the molecule is CCN(CC)CCn1c(NC(=O)c2ccccc2SCc2noc(C)n2)nc2ccccc21. The van der Waals surface area contributed by atoms with E-state index in [9.17, 15) is 4.79 Å². The van der Waals surface area contributed by atoms with Crippen LogP contribution in [0, 0.1) is 6.92 Å². The maximum absolute atomic E-state index is 13.3. The molecule has 0 radical (unpaired) electrons. The maximum Gasteiger partial charge on any atom is 0.259 e. The molecule has 1 amide bonds. The molecular weight excluding hydrogens is 436 g/mol. The van der Waals surface area contributed by atoms with Crippen molar-refractivity contribution in [1.29, 1.82) is 0 Å². The monoisotopic (exact) mass is 464 g/mol. The summed E-state index contributed by atoms with van der Waals surface area (Å²) in [6.45, 7) is 9.66. The Bertz CT molecular complexity index is 1230. The number of nitrogens with zero attached hydrogens (tertiary/aromatic N) is 5. The smallest absolute Gasteiger partial charge is 0.259 e. The number of carbonyl (C=O) groups is 1. The van der Waals surface area contributed by atoms with Crippen LogP contribution in [0.15, 0.2) is 57.9 Å². The number of aryl methyl sites for hydroxylation is 1. The van der Waals surface area contributed by atoms with Gasteiger partial charge in [-0.15, -0.1) is 11.8 Å². The molecule has 8 nitrogen and oxygen atoms in total. The molecule has 0 spiro atoms. The van der Waals surface area contributed by atoms with Gasteiger partial charge in [0.1, 0.15) is 0 Å². The van der Waals surface area contributed by atoms with Gasteiger partial charge in [0.05, 0.1) is 22.3 Å². The number of fused-ring (bicyclic) bond motifs is 1. The highest BCUT2D eigenvalue weighted by Crippen LogP contribution is 2.27. The Kier molecular flexibility index (Phi) is 7.41. The zero-order chi connectivity index (χ0) is 23.2. The van der Waals surface area contributed by atoms with Gasteiger partial charge in [0.15, 0.2) is 5.82 Å². The highest BCUT2D eigenvalue weighted by Gasteiger charge is 2.18. The minimum absolute atomic E-state index is 0.193. The summed E-state index contributed by atoms with van der Waals surface area (Å²) >= 11 is 1.50. The van der Waals surface area contributed by atoms with Crippen molar-refractivity contribution in [3.63, 3.8) is 0 Å². The summed E-state index contributed by atoms with van der Waals surface area (Å²) in [4.78, 5) is 25.4. The Morgan fingerprint density at radius 2 is 1.85 bits per heavy atom. The van der Waals surface area contributed by atoms with E-state index in [0.29, 0.717) is 29.0 Å². The van der Waals surface area contributed by atoms with Gasteiger partial charge in [-0.3, -0.25) is 10.1 Å². The van der Waals surface area contributed by atoms with E-state index in [0.717, 1.165) is 42.1 Å². The molecule has 0 saturated carbocycles. The Morgan fingerprint density at radius 1 is 1.09 bits per heavy atom. The van der Waals surface area contributed by atoms with Gasteiger partial charge in [-0.05, 0) is 37.4 Å². The zero-order valence-electron chi connectivity index (χ0n) is 19.1. The van der Waals surface area contributed by atoms with Crippen LogP contribution in [0.25, 0.3) is 11.0 Å². The highest BCUT2D eigenvalue weighted by molar-refractivity contribution is 7.98. The third-order valence-electron chi connectivity index (χ3n) is 5.47. The van der Waals surface area contributed by atoms with Crippen molar-refractivity contribution < 1.29 is 9.32 Å². The molecule has 2 heterocycles. The molecule has 0 aliphatic rings. The van der Waals surface area contributed by atoms with Crippen molar-refractivity contribution in [2.45, 2.75) is 38.0 Å². The third kappa shape index (κ3) is 5.43. The van der Waals surface area contributed by atoms with Crippen LogP contribution in [0.5, 0.6) is 0 Å². The fourth-order valence-electron chi connectivity index (χ4n) is 3.67. The summed E-state index contributed by atoms with van der Waals surface area (Å²) in [5, 5.41) is 6.98. The number of imidazole rings is 1. The van der Waals surface area contributed by atoms with E-state index in [4.69, 9.17) is 9.51 Å². The van der Waals surface area contributed by atoms with Crippen LogP contribution in [0.4, 0.5) is 5.95 Å². The van der Waals surface area contributed by atoms with E-state index in [1.54, 1.807) is 6.92 Å². The number of aromatic nitrogens is 4.